The zero-order valence-corrected chi connectivity index (χ0v) is 12.7. The van der Waals surface area contributed by atoms with Gasteiger partial charge in [-0.05, 0) is 32.4 Å². The van der Waals surface area contributed by atoms with Gasteiger partial charge in [-0.1, -0.05) is 18.2 Å². The number of benzene rings is 1. The molecule has 0 spiro atoms. The highest BCUT2D eigenvalue weighted by atomic mass is 16.6. The van der Waals surface area contributed by atoms with E-state index in [-0.39, 0.29) is 17.5 Å². The molecule has 0 aliphatic carbocycles. The zero-order chi connectivity index (χ0) is 16.3. The molecule has 0 aliphatic heterocycles. The molecule has 2 rings (SSSR count). The molecule has 2 aromatic rings. The maximum atomic E-state index is 12.1. The lowest BCUT2D eigenvalue weighted by molar-refractivity contribution is -0.385. The minimum Gasteiger partial charge on any atom is -0.289 e. The number of aromatic nitrogens is 2. The van der Waals surface area contributed by atoms with Crippen LogP contribution in [-0.2, 0) is 0 Å². The zero-order valence-electron chi connectivity index (χ0n) is 12.7. The van der Waals surface area contributed by atoms with Crippen molar-refractivity contribution >= 4 is 17.5 Å². The predicted molar refractivity (Wildman–Crippen MR) is 83.8 cm³/mol. The number of nitro groups is 1. The van der Waals surface area contributed by atoms with Gasteiger partial charge in [0.1, 0.15) is 0 Å². The highest BCUT2D eigenvalue weighted by Crippen LogP contribution is 2.20. The van der Waals surface area contributed by atoms with Gasteiger partial charge in [-0.15, -0.1) is 0 Å². The summed E-state index contributed by atoms with van der Waals surface area (Å²) in [4.78, 5) is 22.5. The van der Waals surface area contributed by atoms with E-state index in [9.17, 15) is 14.9 Å². The van der Waals surface area contributed by atoms with E-state index in [1.165, 1.54) is 18.3 Å². The number of allylic oxidation sites excluding steroid dienone is 1. The summed E-state index contributed by atoms with van der Waals surface area (Å²) in [5.41, 5.74) is 1.74. The van der Waals surface area contributed by atoms with Gasteiger partial charge in [0.15, 0.2) is 5.78 Å². The van der Waals surface area contributed by atoms with Crippen molar-refractivity contribution < 1.29 is 9.72 Å². The standard InChI is InChI=1S/C16H17N3O3/c1-11(2)18-10-14(9-17-18)16(20)7-6-13-5-4-12(3)15(8-13)19(21)22/h4-11H,1-3H3. The Hall–Kier alpha value is -2.76. The topological polar surface area (TPSA) is 78.0 Å². The molecule has 1 aromatic carbocycles. The van der Waals surface area contributed by atoms with Gasteiger partial charge < -0.3 is 0 Å². The third kappa shape index (κ3) is 3.46. The Morgan fingerprint density at radius 3 is 2.73 bits per heavy atom. The lowest BCUT2D eigenvalue weighted by Gasteiger charge is -2.02. The van der Waals surface area contributed by atoms with E-state index in [0.717, 1.165) is 0 Å². The Labute approximate surface area is 128 Å². The summed E-state index contributed by atoms with van der Waals surface area (Å²) in [6.45, 7) is 5.63. The second-order valence-corrected chi connectivity index (χ2v) is 5.30. The maximum Gasteiger partial charge on any atom is 0.272 e. The van der Waals surface area contributed by atoms with Crippen molar-refractivity contribution in [3.05, 3.63) is 63.5 Å². The number of hydrogen-bond acceptors (Lipinski definition) is 4. The van der Waals surface area contributed by atoms with Crippen molar-refractivity contribution in [1.29, 1.82) is 0 Å². The molecular formula is C16H17N3O3. The van der Waals surface area contributed by atoms with Crippen LogP contribution >= 0.6 is 0 Å². The Kier molecular flexibility index (Phi) is 4.50. The first kappa shape index (κ1) is 15.6. The van der Waals surface area contributed by atoms with Crippen LogP contribution in [0.15, 0.2) is 36.7 Å². The first-order chi connectivity index (χ1) is 10.4. The molecule has 0 N–H and O–H groups in total. The normalized spacial score (nSPS) is 11.3. The summed E-state index contributed by atoms with van der Waals surface area (Å²) in [5.74, 6) is -0.185. The van der Waals surface area contributed by atoms with Gasteiger partial charge >= 0.3 is 0 Å². The fraction of sp³-hybridized carbons (Fsp3) is 0.250. The number of rotatable bonds is 5. The van der Waals surface area contributed by atoms with Gasteiger partial charge in [-0.2, -0.15) is 5.10 Å². The van der Waals surface area contributed by atoms with Crippen molar-refractivity contribution in [2.75, 3.05) is 0 Å². The van der Waals surface area contributed by atoms with Crippen LogP contribution < -0.4 is 0 Å². The number of carbonyl (C=O) groups is 1. The van der Waals surface area contributed by atoms with Gasteiger partial charge in [0.2, 0.25) is 0 Å². The van der Waals surface area contributed by atoms with E-state index in [1.807, 2.05) is 13.8 Å². The van der Waals surface area contributed by atoms with Crippen LogP contribution in [0.25, 0.3) is 6.08 Å². The van der Waals surface area contributed by atoms with Crippen LogP contribution in [0.4, 0.5) is 5.69 Å². The molecule has 22 heavy (non-hydrogen) atoms. The van der Waals surface area contributed by atoms with Crippen molar-refractivity contribution in [3.8, 4) is 0 Å². The summed E-state index contributed by atoms with van der Waals surface area (Å²) < 4.78 is 1.71. The van der Waals surface area contributed by atoms with E-state index >= 15 is 0 Å². The number of hydrogen-bond donors (Lipinski definition) is 0. The second-order valence-electron chi connectivity index (χ2n) is 5.30. The molecule has 0 bridgehead atoms. The van der Waals surface area contributed by atoms with E-state index in [1.54, 1.807) is 36.0 Å². The summed E-state index contributed by atoms with van der Waals surface area (Å²) in [7, 11) is 0. The number of nitro benzene ring substituents is 1. The molecule has 0 unspecified atom stereocenters. The number of carbonyl (C=O) groups excluding carboxylic acids is 1. The SMILES string of the molecule is Cc1ccc(C=CC(=O)c2cnn(C(C)C)c2)cc1[N+](=O)[O-]. The molecule has 6 nitrogen and oxygen atoms in total. The lowest BCUT2D eigenvalue weighted by atomic mass is 10.1. The smallest absolute Gasteiger partial charge is 0.272 e. The maximum absolute atomic E-state index is 12.1. The number of nitrogens with zero attached hydrogens (tertiary/aromatic N) is 3. The molecule has 0 amide bonds. The van der Waals surface area contributed by atoms with Crippen LogP contribution in [0.1, 0.15) is 41.4 Å². The quantitative estimate of drug-likeness (QED) is 0.366. The highest BCUT2D eigenvalue weighted by molar-refractivity contribution is 6.06. The second kappa shape index (κ2) is 6.34. The summed E-state index contributed by atoms with van der Waals surface area (Å²) in [6.07, 6.45) is 6.18. The van der Waals surface area contributed by atoms with Crippen LogP contribution in [0.2, 0.25) is 0 Å². The molecule has 6 heteroatoms. The van der Waals surface area contributed by atoms with Crippen LogP contribution in [0.3, 0.4) is 0 Å². The fourth-order valence-corrected chi connectivity index (χ4v) is 1.94. The third-order valence-electron chi connectivity index (χ3n) is 3.27. The largest absolute Gasteiger partial charge is 0.289 e. The molecule has 0 fully saturated rings. The van der Waals surface area contributed by atoms with Crippen LogP contribution in [0, 0.1) is 17.0 Å². The molecule has 0 saturated heterocycles. The average molecular weight is 299 g/mol. The summed E-state index contributed by atoms with van der Waals surface area (Å²) in [6, 6.07) is 5.05. The van der Waals surface area contributed by atoms with Crippen molar-refractivity contribution in [2.24, 2.45) is 0 Å². The van der Waals surface area contributed by atoms with Gasteiger partial charge in [0.05, 0.1) is 16.7 Å². The fourth-order valence-electron chi connectivity index (χ4n) is 1.94. The number of aryl methyl sites for hydroxylation is 1. The van der Waals surface area contributed by atoms with E-state index < -0.39 is 4.92 Å². The minimum atomic E-state index is -0.429. The van der Waals surface area contributed by atoms with Gasteiger partial charge in [0.25, 0.3) is 5.69 Å². The van der Waals surface area contributed by atoms with Gasteiger partial charge in [-0.3, -0.25) is 19.6 Å². The Morgan fingerprint density at radius 1 is 1.41 bits per heavy atom. The molecule has 114 valence electrons. The van der Waals surface area contributed by atoms with Crippen molar-refractivity contribution in [2.45, 2.75) is 26.8 Å². The Bertz CT molecular complexity index is 745. The first-order valence-electron chi connectivity index (χ1n) is 6.90. The van der Waals surface area contributed by atoms with Crippen molar-refractivity contribution in [1.82, 2.24) is 9.78 Å². The molecule has 0 atom stereocenters. The summed E-state index contributed by atoms with van der Waals surface area (Å²) >= 11 is 0. The van der Waals surface area contributed by atoms with Crippen LogP contribution in [-0.4, -0.2) is 20.5 Å². The van der Waals surface area contributed by atoms with E-state index in [4.69, 9.17) is 0 Å². The summed E-state index contributed by atoms with van der Waals surface area (Å²) in [5, 5.41) is 15.0. The van der Waals surface area contributed by atoms with Crippen molar-refractivity contribution in [3.63, 3.8) is 0 Å². The first-order valence-corrected chi connectivity index (χ1v) is 6.90. The molecule has 1 heterocycles. The molecule has 0 radical (unpaired) electrons. The monoisotopic (exact) mass is 299 g/mol. The minimum absolute atomic E-state index is 0.0437. The van der Waals surface area contributed by atoms with Gasteiger partial charge in [-0.25, -0.2) is 0 Å². The molecule has 0 aliphatic rings. The average Bonchev–Trinajstić information content (AvgIpc) is 2.95. The lowest BCUT2D eigenvalue weighted by Crippen LogP contribution is -2.00. The van der Waals surface area contributed by atoms with Crippen LogP contribution in [0.5, 0.6) is 0 Å². The molecule has 0 saturated carbocycles. The predicted octanol–water partition coefficient (Wildman–Crippen LogP) is 3.58. The Morgan fingerprint density at radius 2 is 2.14 bits per heavy atom. The molecule has 1 aromatic heterocycles. The van der Waals surface area contributed by atoms with E-state index in [0.29, 0.717) is 16.7 Å². The van der Waals surface area contributed by atoms with Gasteiger partial charge in [0, 0.05) is 23.9 Å². The molecular weight excluding hydrogens is 282 g/mol. The Balaban J connectivity index is 2.18. The number of ketones is 1. The third-order valence-corrected chi connectivity index (χ3v) is 3.27. The van der Waals surface area contributed by atoms with E-state index in [2.05, 4.69) is 5.10 Å². The highest BCUT2D eigenvalue weighted by Gasteiger charge is 2.10.